The predicted octanol–water partition coefficient (Wildman–Crippen LogP) is 2.36. The average Bonchev–Trinajstić information content (AvgIpc) is 2.57. The summed E-state index contributed by atoms with van der Waals surface area (Å²) < 4.78 is 0.894. The van der Waals surface area contributed by atoms with E-state index in [1.165, 1.54) is 0 Å². The summed E-state index contributed by atoms with van der Waals surface area (Å²) in [6.45, 7) is 6.06. The standard InChI is InChI=1S/C13H16BrN3O/c1-13(2,3)17-12-15-10(11(18)16-12)8-6-4-5-7-9(8)14/h4-7,10H,1-3H3,(H2,15,16,17,18). The van der Waals surface area contributed by atoms with Crippen molar-refractivity contribution in [2.45, 2.75) is 32.4 Å². The summed E-state index contributed by atoms with van der Waals surface area (Å²) in [5.74, 6) is 0.432. The molecule has 5 heteroatoms. The first-order chi connectivity index (χ1) is 8.37. The molecule has 0 saturated heterocycles. The maximum absolute atomic E-state index is 11.9. The van der Waals surface area contributed by atoms with Crippen molar-refractivity contribution in [3.05, 3.63) is 34.3 Å². The maximum Gasteiger partial charge on any atom is 0.256 e. The van der Waals surface area contributed by atoms with E-state index in [0.717, 1.165) is 10.0 Å². The smallest absolute Gasteiger partial charge is 0.256 e. The lowest BCUT2D eigenvalue weighted by atomic mass is 10.1. The molecule has 18 heavy (non-hydrogen) atoms. The van der Waals surface area contributed by atoms with E-state index in [0.29, 0.717) is 5.96 Å². The van der Waals surface area contributed by atoms with Gasteiger partial charge in [-0.15, -0.1) is 0 Å². The van der Waals surface area contributed by atoms with Gasteiger partial charge in [0.1, 0.15) is 0 Å². The number of rotatable bonds is 1. The van der Waals surface area contributed by atoms with Crippen LogP contribution in [0.1, 0.15) is 32.4 Å². The minimum Gasteiger partial charge on any atom is -0.351 e. The van der Waals surface area contributed by atoms with Crippen LogP contribution in [0.5, 0.6) is 0 Å². The third kappa shape index (κ3) is 2.90. The quantitative estimate of drug-likeness (QED) is 0.837. The molecule has 1 aromatic carbocycles. The molecule has 0 bridgehead atoms. The highest BCUT2D eigenvalue weighted by molar-refractivity contribution is 9.10. The minimum atomic E-state index is -0.481. The molecule has 2 N–H and O–H groups in total. The second-order valence-corrected chi connectivity index (χ2v) is 6.12. The van der Waals surface area contributed by atoms with Crippen LogP contribution < -0.4 is 10.6 Å². The first kappa shape index (κ1) is 13.1. The van der Waals surface area contributed by atoms with E-state index in [1.807, 2.05) is 45.0 Å². The van der Waals surface area contributed by atoms with Crippen LogP contribution >= 0.6 is 15.9 Å². The van der Waals surface area contributed by atoms with Gasteiger partial charge in [-0.25, -0.2) is 4.99 Å². The topological polar surface area (TPSA) is 53.5 Å². The fourth-order valence-electron chi connectivity index (χ4n) is 1.73. The fourth-order valence-corrected chi connectivity index (χ4v) is 2.23. The number of amides is 1. The first-order valence-corrected chi connectivity index (χ1v) is 6.57. The number of aliphatic imine (C=N–C) groups is 1. The predicted molar refractivity (Wildman–Crippen MR) is 75.3 cm³/mol. The zero-order valence-corrected chi connectivity index (χ0v) is 12.2. The second kappa shape index (κ2) is 4.72. The number of hydrogen-bond donors (Lipinski definition) is 2. The van der Waals surface area contributed by atoms with Crippen molar-refractivity contribution in [3.63, 3.8) is 0 Å². The molecule has 4 nitrogen and oxygen atoms in total. The third-order valence-electron chi connectivity index (χ3n) is 2.44. The summed E-state index contributed by atoms with van der Waals surface area (Å²) >= 11 is 3.45. The van der Waals surface area contributed by atoms with Gasteiger partial charge in [-0.2, -0.15) is 0 Å². The van der Waals surface area contributed by atoms with Gasteiger partial charge in [0.2, 0.25) is 0 Å². The molecule has 0 fully saturated rings. The minimum absolute atomic E-state index is 0.103. The highest BCUT2D eigenvalue weighted by Gasteiger charge is 2.30. The van der Waals surface area contributed by atoms with E-state index < -0.39 is 6.04 Å². The van der Waals surface area contributed by atoms with E-state index in [1.54, 1.807) is 0 Å². The van der Waals surface area contributed by atoms with Crippen LogP contribution in [0.4, 0.5) is 0 Å². The van der Waals surface area contributed by atoms with Gasteiger partial charge in [0, 0.05) is 15.6 Å². The van der Waals surface area contributed by atoms with Gasteiger partial charge in [0.15, 0.2) is 12.0 Å². The molecule has 1 unspecified atom stereocenters. The fraction of sp³-hybridized carbons (Fsp3) is 0.385. The SMILES string of the molecule is CC(C)(C)NC1=NC(c2ccccc2Br)C(=O)N1. The molecule has 1 aliphatic heterocycles. The number of hydrogen-bond acceptors (Lipinski definition) is 3. The molecule has 1 aromatic rings. The van der Waals surface area contributed by atoms with Crippen molar-refractivity contribution in [2.75, 3.05) is 0 Å². The largest absolute Gasteiger partial charge is 0.351 e. The first-order valence-electron chi connectivity index (χ1n) is 5.78. The Labute approximate surface area is 115 Å². The Morgan fingerprint density at radius 1 is 1.33 bits per heavy atom. The zero-order chi connectivity index (χ0) is 13.3. The van der Waals surface area contributed by atoms with Crippen LogP contribution in [0.2, 0.25) is 0 Å². The Morgan fingerprint density at radius 2 is 2.00 bits per heavy atom. The van der Waals surface area contributed by atoms with Crippen LogP contribution in [0.3, 0.4) is 0 Å². The number of nitrogens with zero attached hydrogens (tertiary/aromatic N) is 1. The van der Waals surface area contributed by atoms with Crippen molar-refractivity contribution >= 4 is 27.8 Å². The van der Waals surface area contributed by atoms with Gasteiger partial charge in [-0.3, -0.25) is 10.1 Å². The van der Waals surface area contributed by atoms with Gasteiger partial charge >= 0.3 is 0 Å². The molecule has 0 spiro atoms. The molecule has 0 aliphatic carbocycles. The van der Waals surface area contributed by atoms with Gasteiger partial charge in [0.25, 0.3) is 5.91 Å². The molecule has 1 heterocycles. The summed E-state index contributed by atoms with van der Waals surface area (Å²) in [5.41, 5.74) is 0.746. The van der Waals surface area contributed by atoms with Crippen molar-refractivity contribution in [1.29, 1.82) is 0 Å². The number of nitrogens with one attached hydrogen (secondary N) is 2. The molecule has 1 amide bonds. The molecule has 96 valence electrons. The summed E-state index contributed by atoms with van der Waals surface area (Å²) in [7, 11) is 0. The summed E-state index contributed by atoms with van der Waals surface area (Å²) in [6.07, 6.45) is 0. The van der Waals surface area contributed by atoms with E-state index in [9.17, 15) is 4.79 Å². The van der Waals surface area contributed by atoms with E-state index in [2.05, 4.69) is 31.6 Å². The van der Waals surface area contributed by atoms with E-state index in [4.69, 9.17) is 0 Å². The van der Waals surface area contributed by atoms with Crippen molar-refractivity contribution in [1.82, 2.24) is 10.6 Å². The highest BCUT2D eigenvalue weighted by Crippen LogP contribution is 2.28. The Bertz CT molecular complexity index is 505. The van der Waals surface area contributed by atoms with E-state index >= 15 is 0 Å². The van der Waals surface area contributed by atoms with E-state index in [-0.39, 0.29) is 11.4 Å². The van der Waals surface area contributed by atoms with Gasteiger partial charge < -0.3 is 5.32 Å². The molecular formula is C13H16BrN3O. The van der Waals surface area contributed by atoms with Gasteiger partial charge in [-0.1, -0.05) is 34.1 Å². The molecule has 0 saturated carbocycles. The summed E-state index contributed by atoms with van der Waals surface area (Å²) in [5, 5.41) is 5.94. The number of guanidine groups is 1. The maximum atomic E-state index is 11.9. The Balaban J connectivity index is 2.25. The lowest BCUT2D eigenvalue weighted by molar-refractivity contribution is -0.120. The number of benzene rings is 1. The number of halogens is 1. The Morgan fingerprint density at radius 3 is 2.61 bits per heavy atom. The van der Waals surface area contributed by atoms with Crippen LogP contribution in [-0.4, -0.2) is 17.4 Å². The monoisotopic (exact) mass is 309 g/mol. The van der Waals surface area contributed by atoms with Crippen LogP contribution in [0.25, 0.3) is 0 Å². The third-order valence-corrected chi connectivity index (χ3v) is 3.16. The summed E-state index contributed by atoms with van der Waals surface area (Å²) in [6, 6.07) is 7.15. The molecular weight excluding hydrogens is 294 g/mol. The average molecular weight is 310 g/mol. The molecule has 0 radical (unpaired) electrons. The zero-order valence-electron chi connectivity index (χ0n) is 10.6. The van der Waals surface area contributed by atoms with Gasteiger partial charge in [0.05, 0.1) is 0 Å². The van der Waals surface area contributed by atoms with Crippen LogP contribution in [0, 0.1) is 0 Å². The lowest BCUT2D eigenvalue weighted by Crippen LogP contribution is -2.46. The van der Waals surface area contributed by atoms with Gasteiger partial charge in [-0.05, 0) is 26.8 Å². The Hall–Kier alpha value is -1.36. The lowest BCUT2D eigenvalue weighted by Gasteiger charge is -2.21. The molecule has 0 aromatic heterocycles. The van der Waals surface area contributed by atoms with Crippen molar-refractivity contribution in [3.8, 4) is 0 Å². The molecule has 2 rings (SSSR count). The second-order valence-electron chi connectivity index (χ2n) is 5.27. The number of carbonyl (C=O) groups excluding carboxylic acids is 1. The molecule has 1 atom stereocenters. The molecule has 1 aliphatic rings. The van der Waals surface area contributed by atoms with Crippen molar-refractivity contribution < 1.29 is 4.79 Å². The van der Waals surface area contributed by atoms with Crippen LogP contribution in [0.15, 0.2) is 33.7 Å². The Kier molecular flexibility index (Phi) is 3.43. The summed E-state index contributed by atoms with van der Waals surface area (Å²) in [4.78, 5) is 16.3. The van der Waals surface area contributed by atoms with Crippen LogP contribution in [-0.2, 0) is 4.79 Å². The number of carbonyl (C=O) groups is 1. The normalized spacial score (nSPS) is 19.4. The highest BCUT2D eigenvalue weighted by atomic mass is 79.9. The van der Waals surface area contributed by atoms with Crippen molar-refractivity contribution in [2.24, 2.45) is 4.99 Å².